The maximum absolute atomic E-state index is 12.2. The van der Waals surface area contributed by atoms with Crippen molar-refractivity contribution in [2.24, 2.45) is 29.1 Å². The second-order valence-corrected chi connectivity index (χ2v) is 5.77. The van der Waals surface area contributed by atoms with Gasteiger partial charge in [-0.3, -0.25) is 9.59 Å². The van der Waals surface area contributed by atoms with Crippen molar-refractivity contribution in [2.75, 3.05) is 0 Å². The lowest BCUT2D eigenvalue weighted by molar-refractivity contribution is -0.148. The molecule has 1 heterocycles. The van der Waals surface area contributed by atoms with Gasteiger partial charge in [0, 0.05) is 11.3 Å². The number of allylic oxidation sites excluding steroid dienone is 1. The summed E-state index contributed by atoms with van der Waals surface area (Å²) >= 11 is 0. The fraction of sp³-hybridized carbons (Fsp3) is 0.692. The fourth-order valence-electron chi connectivity index (χ4n) is 3.77. The van der Waals surface area contributed by atoms with Crippen molar-refractivity contribution in [3.8, 4) is 0 Å². The van der Waals surface area contributed by atoms with E-state index >= 15 is 0 Å². The summed E-state index contributed by atoms with van der Waals surface area (Å²) in [5, 5.41) is 0. The van der Waals surface area contributed by atoms with Gasteiger partial charge >= 0.3 is 5.97 Å². The van der Waals surface area contributed by atoms with Crippen LogP contribution in [-0.2, 0) is 14.3 Å². The zero-order chi connectivity index (χ0) is 11.7. The van der Waals surface area contributed by atoms with Gasteiger partial charge in [-0.05, 0) is 11.8 Å². The molecule has 0 radical (unpaired) electrons. The van der Waals surface area contributed by atoms with Gasteiger partial charge in [-0.2, -0.15) is 0 Å². The second-order valence-electron chi connectivity index (χ2n) is 5.77. The summed E-state index contributed by atoms with van der Waals surface area (Å²) in [6.45, 7) is 6.14. The fourth-order valence-corrected chi connectivity index (χ4v) is 3.77. The van der Waals surface area contributed by atoms with Crippen molar-refractivity contribution in [1.29, 1.82) is 0 Å². The van der Waals surface area contributed by atoms with E-state index in [1.54, 1.807) is 0 Å². The minimum Gasteiger partial charge on any atom is -0.453 e. The number of Topliss-reactive ketones (excluding diaryl/α,β-unsaturated/α-hetero) is 1. The van der Waals surface area contributed by atoms with Gasteiger partial charge in [0.05, 0.1) is 5.92 Å². The Morgan fingerprint density at radius 2 is 2.06 bits per heavy atom. The molecule has 4 bridgehead atoms. The summed E-state index contributed by atoms with van der Waals surface area (Å²) in [4.78, 5) is 24.1. The molecule has 0 spiro atoms. The van der Waals surface area contributed by atoms with Gasteiger partial charge in [-0.15, -0.1) is 0 Å². The molecule has 1 aliphatic heterocycles. The Morgan fingerprint density at radius 3 is 2.69 bits per heavy atom. The van der Waals surface area contributed by atoms with Crippen molar-refractivity contribution in [3.05, 3.63) is 12.2 Å². The highest BCUT2D eigenvalue weighted by molar-refractivity contribution is 5.98. The van der Waals surface area contributed by atoms with Crippen molar-refractivity contribution >= 4 is 11.8 Å². The van der Waals surface area contributed by atoms with Gasteiger partial charge < -0.3 is 4.74 Å². The molecule has 1 saturated carbocycles. The van der Waals surface area contributed by atoms with Crippen LogP contribution in [0.4, 0.5) is 0 Å². The molecule has 86 valence electrons. The Labute approximate surface area is 94.8 Å². The summed E-state index contributed by atoms with van der Waals surface area (Å²) in [6, 6.07) is 0. The summed E-state index contributed by atoms with van der Waals surface area (Å²) in [7, 11) is 0. The van der Waals surface area contributed by atoms with Crippen LogP contribution in [0.2, 0.25) is 0 Å². The van der Waals surface area contributed by atoms with E-state index in [1.807, 2.05) is 19.1 Å². The molecule has 0 aromatic heterocycles. The molecule has 4 rings (SSSR count). The van der Waals surface area contributed by atoms with E-state index in [9.17, 15) is 9.59 Å². The van der Waals surface area contributed by atoms with E-state index in [-0.39, 0.29) is 29.5 Å². The van der Waals surface area contributed by atoms with Crippen LogP contribution in [-0.4, -0.2) is 17.9 Å². The van der Waals surface area contributed by atoms with Crippen LogP contribution in [0, 0.1) is 29.1 Å². The third kappa shape index (κ3) is 0.902. The topological polar surface area (TPSA) is 43.4 Å². The predicted octanol–water partition coefficient (Wildman–Crippen LogP) is 1.58. The van der Waals surface area contributed by atoms with Crippen molar-refractivity contribution in [1.82, 2.24) is 0 Å². The van der Waals surface area contributed by atoms with Crippen LogP contribution < -0.4 is 0 Å². The quantitative estimate of drug-likeness (QED) is 0.497. The number of ether oxygens (including phenoxy) is 1. The number of carbonyl (C=O) groups is 2. The highest BCUT2D eigenvalue weighted by Gasteiger charge is 2.67. The molecule has 3 heteroatoms. The predicted molar refractivity (Wildman–Crippen MR) is 57.4 cm³/mol. The van der Waals surface area contributed by atoms with E-state index in [0.717, 1.165) is 0 Å². The maximum atomic E-state index is 12.2. The largest absolute Gasteiger partial charge is 0.453 e. The lowest BCUT2D eigenvalue weighted by atomic mass is 9.52. The number of esters is 1. The number of hydrogen-bond donors (Lipinski definition) is 0. The highest BCUT2D eigenvalue weighted by Crippen LogP contribution is 2.58. The lowest BCUT2D eigenvalue weighted by Crippen LogP contribution is -2.55. The molecular weight excluding hydrogens is 204 g/mol. The third-order valence-electron chi connectivity index (χ3n) is 4.54. The van der Waals surface area contributed by atoms with E-state index in [0.29, 0.717) is 5.92 Å². The smallest absolute Gasteiger partial charge is 0.311 e. The van der Waals surface area contributed by atoms with Gasteiger partial charge in [0.15, 0.2) is 11.9 Å². The molecule has 2 fully saturated rings. The van der Waals surface area contributed by atoms with E-state index < -0.39 is 11.5 Å². The van der Waals surface area contributed by atoms with Crippen LogP contribution >= 0.6 is 0 Å². The molecule has 0 N–H and O–H groups in total. The second kappa shape index (κ2) is 2.76. The normalized spacial score (nSPS) is 49.0. The minimum atomic E-state index is -0.519. The molecule has 3 aliphatic carbocycles. The minimum absolute atomic E-state index is 0.103. The molecular formula is C13H16O3. The van der Waals surface area contributed by atoms with Gasteiger partial charge in [0.1, 0.15) is 0 Å². The summed E-state index contributed by atoms with van der Waals surface area (Å²) < 4.78 is 5.28. The maximum Gasteiger partial charge on any atom is 0.311 e. The molecule has 3 nitrogen and oxygen atoms in total. The molecule has 16 heavy (non-hydrogen) atoms. The highest BCUT2D eigenvalue weighted by atomic mass is 16.6. The zero-order valence-corrected chi connectivity index (χ0v) is 9.77. The van der Waals surface area contributed by atoms with Crippen LogP contribution in [0.3, 0.4) is 0 Å². The Hall–Kier alpha value is -1.12. The van der Waals surface area contributed by atoms with Crippen LogP contribution in [0.15, 0.2) is 12.2 Å². The molecule has 0 unspecified atom stereocenters. The Bertz CT molecular complexity index is 409. The lowest BCUT2D eigenvalue weighted by Gasteiger charge is -2.47. The zero-order valence-electron chi connectivity index (χ0n) is 9.77. The average Bonchev–Trinajstić information content (AvgIpc) is 2.42. The Kier molecular flexibility index (Phi) is 1.74. The van der Waals surface area contributed by atoms with Crippen LogP contribution in [0.1, 0.15) is 20.8 Å². The first-order chi connectivity index (χ1) is 7.47. The van der Waals surface area contributed by atoms with Crippen molar-refractivity contribution in [3.63, 3.8) is 0 Å². The summed E-state index contributed by atoms with van der Waals surface area (Å²) in [5.41, 5.74) is -0.391. The van der Waals surface area contributed by atoms with Crippen LogP contribution in [0.25, 0.3) is 0 Å². The Morgan fingerprint density at radius 1 is 1.38 bits per heavy atom. The van der Waals surface area contributed by atoms with Gasteiger partial charge in [0.25, 0.3) is 0 Å². The molecule has 0 aromatic rings. The number of ketones is 1. The third-order valence-corrected chi connectivity index (χ3v) is 4.54. The average molecular weight is 220 g/mol. The van der Waals surface area contributed by atoms with E-state index in [4.69, 9.17) is 4.74 Å². The van der Waals surface area contributed by atoms with Crippen LogP contribution in [0.5, 0.6) is 0 Å². The monoisotopic (exact) mass is 220 g/mol. The standard InChI is InChI=1S/C13H16O3/c1-6(2)8-7-4-5-13(3)9(8)12(15)16-11(13)10(7)14/h4-9,11H,1-3H3/t7-,8+,9+,11+,13+/m1/s1. The Balaban J connectivity index is 2.18. The number of carbonyl (C=O) groups excluding carboxylic acids is 2. The van der Waals surface area contributed by atoms with Gasteiger partial charge in [-0.1, -0.05) is 32.9 Å². The molecule has 0 amide bonds. The molecule has 1 saturated heterocycles. The molecule has 0 aromatic carbocycles. The van der Waals surface area contributed by atoms with Crippen molar-refractivity contribution in [2.45, 2.75) is 26.9 Å². The van der Waals surface area contributed by atoms with Gasteiger partial charge in [0.2, 0.25) is 0 Å². The molecule has 4 aliphatic rings. The van der Waals surface area contributed by atoms with E-state index in [1.165, 1.54) is 0 Å². The SMILES string of the molecule is CC(C)[C@@H]1[C@H]2C(=O)O[C@H]3C(=O)[C@@H]1C=C[C@@]23C. The summed E-state index contributed by atoms with van der Waals surface area (Å²) in [6.07, 6.45) is 3.50. The van der Waals surface area contributed by atoms with Gasteiger partial charge in [-0.25, -0.2) is 0 Å². The number of rotatable bonds is 1. The number of hydrogen-bond acceptors (Lipinski definition) is 3. The first kappa shape index (κ1) is 10.1. The summed E-state index contributed by atoms with van der Waals surface area (Å²) in [5.74, 6) is 0.147. The first-order valence-corrected chi connectivity index (χ1v) is 5.90. The van der Waals surface area contributed by atoms with E-state index in [2.05, 4.69) is 13.8 Å². The first-order valence-electron chi connectivity index (χ1n) is 5.90. The molecule has 5 atom stereocenters. The van der Waals surface area contributed by atoms with Crippen molar-refractivity contribution < 1.29 is 14.3 Å².